The number of benzene rings is 1. The van der Waals surface area contributed by atoms with Crippen molar-refractivity contribution < 1.29 is 9.53 Å². The second-order valence-electron chi connectivity index (χ2n) is 6.03. The molecule has 1 aliphatic rings. The molecule has 1 saturated heterocycles. The van der Waals surface area contributed by atoms with E-state index >= 15 is 0 Å². The number of anilines is 1. The van der Waals surface area contributed by atoms with E-state index < -0.39 is 0 Å². The molecule has 3 aromatic rings. The van der Waals surface area contributed by atoms with E-state index in [9.17, 15) is 4.79 Å². The number of fused-ring (bicyclic) bond motifs is 1. The maximum atomic E-state index is 12.6. The summed E-state index contributed by atoms with van der Waals surface area (Å²) in [4.78, 5) is 29.4. The minimum atomic E-state index is -0.0415. The van der Waals surface area contributed by atoms with Gasteiger partial charge in [-0.1, -0.05) is 17.4 Å². The number of methoxy groups -OCH3 is 1. The molecular weight excluding hydrogens is 350 g/mol. The van der Waals surface area contributed by atoms with Crippen molar-refractivity contribution in [2.45, 2.75) is 6.42 Å². The lowest BCUT2D eigenvalue weighted by molar-refractivity contribution is 0.0761. The van der Waals surface area contributed by atoms with Gasteiger partial charge in [-0.2, -0.15) is 0 Å². The van der Waals surface area contributed by atoms with Crippen molar-refractivity contribution in [2.24, 2.45) is 0 Å². The van der Waals surface area contributed by atoms with Crippen LogP contribution >= 0.6 is 11.3 Å². The maximum Gasteiger partial charge on any atom is 0.272 e. The van der Waals surface area contributed by atoms with E-state index in [1.54, 1.807) is 30.7 Å². The molecule has 7 nitrogen and oxygen atoms in total. The number of para-hydroxylation sites is 1. The van der Waals surface area contributed by atoms with Gasteiger partial charge in [-0.25, -0.2) is 15.0 Å². The third-order valence-electron chi connectivity index (χ3n) is 4.45. The Hall–Kier alpha value is -2.74. The first kappa shape index (κ1) is 16.7. The number of carbonyl (C=O) groups is 1. The Morgan fingerprint density at radius 3 is 2.92 bits per heavy atom. The smallest absolute Gasteiger partial charge is 0.272 e. The summed E-state index contributed by atoms with van der Waals surface area (Å²) in [5.74, 6) is 0.751. The fraction of sp³-hybridized carbons (Fsp3) is 0.333. The first-order valence-corrected chi connectivity index (χ1v) is 9.31. The Labute approximate surface area is 155 Å². The van der Waals surface area contributed by atoms with Crippen LogP contribution < -0.4 is 9.64 Å². The average Bonchev–Trinajstić information content (AvgIpc) is 2.98. The number of thiazole rings is 1. The van der Waals surface area contributed by atoms with Crippen LogP contribution in [-0.4, -0.2) is 59.0 Å². The van der Waals surface area contributed by atoms with Crippen molar-refractivity contribution in [3.63, 3.8) is 0 Å². The van der Waals surface area contributed by atoms with Gasteiger partial charge in [0.1, 0.15) is 23.3 Å². The lowest BCUT2D eigenvalue weighted by Gasteiger charge is -2.21. The van der Waals surface area contributed by atoms with E-state index in [1.807, 2.05) is 17.0 Å². The predicted molar refractivity (Wildman–Crippen MR) is 101 cm³/mol. The van der Waals surface area contributed by atoms with Crippen molar-refractivity contribution in [1.29, 1.82) is 0 Å². The zero-order chi connectivity index (χ0) is 17.9. The number of nitrogens with zero attached hydrogens (tertiary/aromatic N) is 5. The molecule has 26 heavy (non-hydrogen) atoms. The summed E-state index contributed by atoms with van der Waals surface area (Å²) < 4.78 is 6.52. The molecule has 1 aliphatic heterocycles. The van der Waals surface area contributed by atoms with Crippen molar-refractivity contribution in [1.82, 2.24) is 19.9 Å². The van der Waals surface area contributed by atoms with Gasteiger partial charge in [-0.3, -0.25) is 4.79 Å². The third kappa shape index (κ3) is 3.20. The molecule has 0 bridgehead atoms. The fourth-order valence-electron chi connectivity index (χ4n) is 3.10. The Bertz CT molecular complexity index is 914. The summed E-state index contributed by atoms with van der Waals surface area (Å²) in [5, 5.41) is 0.973. The number of ether oxygens (including phenoxy) is 1. The maximum absolute atomic E-state index is 12.6. The topological polar surface area (TPSA) is 71.5 Å². The van der Waals surface area contributed by atoms with Gasteiger partial charge in [0.05, 0.1) is 11.8 Å². The second-order valence-corrected chi connectivity index (χ2v) is 7.04. The normalized spacial score (nSPS) is 15.1. The number of amides is 1. The van der Waals surface area contributed by atoms with E-state index in [2.05, 4.69) is 20.9 Å². The minimum Gasteiger partial charge on any atom is -0.494 e. The molecule has 1 fully saturated rings. The molecule has 0 unspecified atom stereocenters. The van der Waals surface area contributed by atoms with Crippen molar-refractivity contribution >= 4 is 32.6 Å². The Kier molecular flexibility index (Phi) is 4.66. The minimum absolute atomic E-state index is 0.0415. The molecule has 4 rings (SSSR count). The SMILES string of the molecule is COc1cccc2sc(N3CCCN(C(=O)c4ccncn4)CC3)nc12. The van der Waals surface area contributed by atoms with Crippen LogP contribution in [0, 0.1) is 0 Å². The van der Waals surface area contributed by atoms with Crippen LogP contribution in [0.1, 0.15) is 16.9 Å². The largest absolute Gasteiger partial charge is 0.494 e. The van der Waals surface area contributed by atoms with Gasteiger partial charge in [-0.15, -0.1) is 0 Å². The molecule has 0 saturated carbocycles. The van der Waals surface area contributed by atoms with Crippen molar-refractivity contribution in [3.05, 3.63) is 42.5 Å². The van der Waals surface area contributed by atoms with Gasteiger partial charge >= 0.3 is 0 Å². The van der Waals surface area contributed by atoms with Crippen LogP contribution in [0.4, 0.5) is 5.13 Å². The monoisotopic (exact) mass is 369 g/mol. The molecule has 0 radical (unpaired) electrons. The summed E-state index contributed by atoms with van der Waals surface area (Å²) in [5.41, 5.74) is 1.34. The average molecular weight is 369 g/mol. The highest BCUT2D eigenvalue weighted by molar-refractivity contribution is 7.22. The zero-order valence-corrected chi connectivity index (χ0v) is 15.3. The fourth-order valence-corrected chi connectivity index (χ4v) is 4.14. The van der Waals surface area contributed by atoms with Crippen LogP contribution in [0.3, 0.4) is 0 Å². The summed E-state index contributed by atoms with van der Waals surface area (Å²) >= 11 is 1.66. The van der Waals surface area contributed by atoms with E-state index in [0.29, 0.717) is 18.8 Å². The number of aromatic nitrogens is 3. The van der Waals surface area contributed by atoms with E-state index in [4.69, 9.17) is 9.72 Å². The Morgan fingerprint density at radius 1 is 1.19 bits per heavy atom. The van der Waals surface area contributed by atoms with Crippen molar-refractivity contribution in [3.8, 4) is 5.75 Å². The number of carbonyl (C=O) groups excluding carboxylic acids is 1. The Morgan fingerprint density at radius 2 is 2.12 bits per heavy atom. The standard InChI is InChI=1S/C18H19N5O2S/c1-25-14-4-2-5-15-16(14)21-18(26-15)23-9-3-8-22(10-11-23)17(24)13-6-7-19-12-20-13/h2,4-7,12H,3,8-11H2,1H3. The first-order valence-electron chi connectivity index (χ1n) is 8.50. The molecule has 2 aromatic heterocycles. The third-order valence-corrected chi connectivity index (χ3v) is 5.53. The van der Waals surface area contributed by atoms with Gasteiger partial charge < -0.3 is 14.5 Å². The number of hydrogen-bond acceptors (Lipinski definition) is 7. The summed E-state index contributed by atoms with van der Waals surface area (Å²) in [6.07, 6.45) is 3.90. The summed E-state index contributed by atoms with van der Waals surface area (Å²) in [6.45, 7) is 2.98. The summed E-state index contributed by atoms with van der Waals surface area (Å²) in [6, 6.07) is 7.62. The molecule has 134 valence electrons. The summed E-state index contributed by atoms with van der Waals surface area (Å²) in [7, 11) is 1.66. The highest BCUT2D eigenvalue weighted by atomic mass is 32.1. The van der Waals surface area contributed by atoms with Gasteiger partial charge in [0, 0.05) is 32.4 Å². The molecule has 1 aromatic carbocycles. The lowest BCUT2D eigenvalue weighted by Crippen LogP contribution is -2.35. The molecule has 0 spiro atoms. The molecule has 3 heterocycles. The molecular formula is C18H19N5O2S. The van der Waals surface area contributed by atoms with E-state index in [-0.39, 0.29) is 5.91 Å². The zero-order valence-electron chi connectivity index (χ0n) is 14.5. The van der Waals surface area contributed by atoms with Gasteiger partial charge in [0.25, 0.3) is 5.91 Å². The van der Waals surface area contributed by atoms with Crippen LogP contribution in [-0.2, 0) is 0 Å². The molecule has 0 atom stereocenters. The predicted octanol–water partition coefficient (Wildman–Crippen LogP) is 2.45. The number of rotatable bonds is 3. The Balaban J connectivity index is 1.51. The molecule has 1 amide bonds. The highest BCUT2D eigenvalue weighted by Gasteiger charge is 2.23. The lowest BCUT2D eigenvalue weighted by atomic mass is 10.3. The highest BCUT2D eigenvalue weighted by Crippen LogP contribution is 2.34. The van der Waals surface area contributed by atoms with Gasteiger partial charge in [0.15, 0.2) is 5.13 Å². The second kappa shape index (κ2) is 7.25. The molecule has 0 N–H and O–H groups in total. The van der Waals surface area contributed by atoms with Gasteiger partial charge in [-0.05, 0) is 24.6 Å². The van der Waals surface area contributed by atoms with E-state index in [1.165, 1.54) is 6.33 Å². The van der Waals surface area contributed by atoms with Crippen molar-refractivity contribution in [2.75, 3.05) is 38.2 Å². The molecule has 8 heteroatoms. The quantitative estimate of drug-likeness (QED) is 0.706. The first-order chi connectivity index (χ1) is 12.8. The van der Waals surface area contributed by atoms with Crippen LogP contribution in [0.25, 0.3) is 10.2 Å². The number of hydrogen-bond donors (Lipinski definition) is 0. The van der Waals surface area contributed by atoms with Crippen LogP contribution in [0.2, 0.25) is 0 Å². The van der Waals surface area contributed by atoms with E-state index in [0.717, 1.165) is 40.6 Å². The molecule has 0 aliphatic carbocycles. The van der Waals surface area contributed by atoms with Crippen LogP contribution in [0.15, 0.2) is 36.8 Å². The van der Waals surface area contributed by atoms with Gasteiger partial charge in [0.2, 0.25) is 0 Å². The van der Waals surface area contributed by atoms with Crippen LogP contribution in [0.5, 0.6) is 5.75 Å².